The van der Waals surface area contributed by atoms with Crippen molar-refractivity contribution in [1.29, 1.82) is 5.41 Å². The maximum Gasteiger partial charge on any atom is 0.226 e. The van der Waals surface area contributed by atoms with E-state index in [0.29, 0.717) is 6.42 Å². The van der Waals surface area contributed by atoms with Crippen LogP contribution >= 0.6 is 0 Å². The Morgan fingerprint density at radius 1 is 1.80 bits per heavy atom. The highest BCUT2D eigenvalue weighted by Crippen LogP contribution is 1.97. The topological polar surface area (TPSA) is 77.3 Å². The molecule has 0 radical (unpaired) electrons. The fourth-order valence-corrected chi connectivity index (χ4v) is 1.16. The van der Waals surface area contributed by atoms with Gasteiger partial charge in [0.25, 0.3) is 0 Å². The van der Waals surface area contributed by atoms with Crippen LogP contribution in [0.4, 0.5) is 0 Å². The van der Waals surface area contributed by atoms with Crippen LogP contribution in [0, 0.1) is 5.41 Å². The lowest BCUT2D eigenvalue weighted by Crippen LogP contribution is -2.28. The van der Waals surface area contributed by atoms with E-state index in [9.17, 15) is 4.79 Å². The van der Waals surface area contributed by atoms with E-state index < -0.39 is 0 Å². The summed E-state index contributed by atoms with van der Waals surface area (Å²) < 4.78 is 0. The standard InChI is InChI=1S/C10H16N4O/c1-2-9(15)14-10(11)13-7-8-4-3-5-12-6-8/h4,7,12H,2-3,5-6H2,1H3,(H2,11,14,15)/b13-7-. The number of carbonyl (C=O) groups excluding carboxylic acids is 1. The average molecular weight is 208 g/mol. The molecule has 1 aliphatic heterocycles. The molecule has 0 atom stereocenters. The van der Waals surface area contributed by atoms with Gasteiger partial charge in [-0.15, -0.1) is 0 Å². The lowest BCUT2D eigenvalue weighted by Gasteiger charge is -2.09. The van der Waals surface area contributed by atoms with E-state index in [2.05, 4.69) is 21.7 Å². The van der Waals surface area contributed by atoms with Gasteiger partial charge in [0.15, 0.2) is 0 Å². The van der Waals surface area contributed by atoms with E-state index in [4.69, 9.17) is 5.41 Å². The van der Waals surface area contributed by atoms with Crippen LogP contribution < -0.4 is 10.6 Å². The van der Waals surface area contributed by atoms with E-state index >= 15 is 0 Å². The van der Waals surface area contributed by atoms with Crippen LogP contribution in [0.2, 0.25) is 0 Å². The highest BCUT2D eigenvalue weighted by atomic mass is 16.1. The fourth-order valence-electron chi connectivity index (χ4n) is 1.16. The van der Waals surface area contributed by atoms with Crippen molar-refractivity contribution in [2.24, 2.45) is 4.99 Å². The van der Waals surface area contributed by atoms with Crippen molar-refractivity contribution < 1.29 is 4.79 Å². The smallest absolute Gasteiger partial charge is 0.226 e. The van der Waals surface area contributed by atoms with Gasteiger partial charge in [0.2, 0.25) is 11.9 Å². The Hall–Kier alpha value is -1.49. The minimum atomic E-state index is -0.187. The first-order chi connectivity index (χ1) is 7.22. The van der Waals surface area contributed by atoms with Gasteiger partial charge in [0.1, 0.15) is 0 Å². The minimum Gasteiger partial charge on any atom is -0.312 e. The van der Waals surface area contributed by atoms with E-state index in [0.717, 1.165) is 25.1 Å². The van der Waals surface area contributed by atoms with Crippen LogP contribution in [0.5, 0.6) is 0 Å². The van der Waals surface area contributed by atoms with E-state index in [1.54, 1.807) is 13.1 Å². The molecule has 0 fully saturated rings. The molecule has 5 nitrogen and oxygen atoms in total. The molecule has 0 aliphatic carbocycles. The normalized spacial score (nSPS) is 16.2. The SMILES string of the molecule is CCC(=O)NC(=N)/N=C\C1=CCCNC1. The maximum atomic E-state index is 10.9. The third-order valence-electron chi connectivity index (χ3n) is 2.00. The highest BCUT2D eigenvalue weighted by molar-refractivity contribution is 6.00. The lowest BCUT2D eigenvalue weighted by atomic mass is 10.2. The van der Waals surface area contributed by atoms with Crippen LogP contribution in [0.25, 0.3) is 0 Å². The van der Waals surface area contributed by atoms with E-state index in [-0.39, 0.29) is 11.9 Å². The molecule has 1 heterocycles. The number of nitrogens with zero attached hydrogens (tertiary/aromatic N) is 1. The summed E-state index contributed by atoms with van der Waals surface area (Å²) in [6.45, 7) is 3.50. The van der Waals surface area contributed by atoms with Crippen molar-refractivity contribution in [3.8, 4) is 0 Å². The van der Waals surface area contributed by atoms with Crippen LogP contribution in [-0.2, 0) is 4.79 Å². The third kappa shape index (κ3) is 4.51. The number of hydrogen-bond donors (Lipinski definition) is 3. The van der Waals surface area contributed by atoms with Gasteiger partial charge in [-0.05, 0) is 18.5 Å². The molecule has 0 aromatic rings. The van der Waals surface area contributed by atoms with E-state index in [1.807, 2.05) is 0 Å². The molecule has 3 N–H and O–H groups in total. The fraction of sp³-hybridized carbons (Fsp3) is 0.500. The summed E-state index contributed by atoms with van der Waals surface area (Å²) in [6.07, 6.45) is 5.04. The van der Waals surface area contributed by atoms with Crippen molar-refractivity contribution in [3.63, 3.8) is 0 Å². The van der Waals surface area contributed by atoms with Crippen molar-refractivity contribution in [3.05, 3.63) is 11.6 Å². The number of guanidine groups is 1. The van der Waals surface area contributed by atoms with Gasteiger partial charge in [-0.3, -0.25) is 15.5 Å². The third-order valence-corrected chi connectivity index (χ3v) is 2.00. The summed E-state index contributed by atoms with van der Waals surface area (Å²) in [7, 11) is 0. The average Bonchev–Trinajstić information content (AvgIpc) is 2.27. The second-order valence-electron chi connectivity index (χ2n) is 3.25. The summed E-state index contributed by atoms with van der Waals surface area (Å²) in [5, 5.41) is 12.9. The Bertz CT molecular complexity index is 307. The molecule has 82 valence electrons. The predicted molar refractivity (Wildman–Crippen MR) is 60.2 cm³/mol. The van der Waals surface area contributed by atoms with Crippen LogP contribution in [-0.4, -0.2) is 31.2 Å². The number of nitrogens with one attached hydrogen (secondary N) is 3. The van der Waals surface area contributed by atoms with Gasteiger partial charge >= 0.3 is 0 Å². The first-order valence-electron chi connectivity index (χ1n) is 5.04. The highest BCUT2D eigenvalue weighted by Gasteiger charge is 2.01. The zero-order valence-electron chi connectivity index (χ0n) is 8.84. The second-order valence-corrected chi connectivity index (χ2v) is 3.25. The summed E-state index contributed by atoms with van der Waals surface area (Å²) in [5.74, 6) is -0.291. The number of amides is 1. The number of aliphatic imine (C=N–C) groups is 1. The van der Waals surface area contributed by atoms with Crippen LogP contribution in [0.15, 0.2) is 16.6 Å². The summed E-state index contributed by atoms with van der Waals surface area (Å²) in [6, 6.07) is 0. The van der Waals surface area contributed by atoms with Gasteiger partial charge in [-0.1, -0.05) is 13.0 Å². The Morgan fingerprint density at radius 3 is 3.20 bits per heavy atom. The van der Waals surface area contributed by atoms with Gasteiger partial charge in [-0.25, -0.2) is 4.99 Å². The monoisotopic (exact) mass is 208 g/mol. The molecule has 0 unspecified atom stereocenters. The van der Waals surface area contributed by atoms with Crippen LogP contribution in [0.1, 0.15) is 19.8 Å². The summed E-state index contributed by atoms with van der Waals surface area (Å²) >= 11 is 0. The molecule has 0 aromatic heterocycles. The molecule has 15 heavy (non-hydrogen) atoms. The summed E-state index contributed by atoms with van der Waals surface area (Å²) in [4.78, 5) is 14.8. The first-order valence-corrected chi connectivity index (χ1v) is 5.04. The van der Waals surface area contributed by atoms with Gasteiger partial charge in [-0.2, -0.15) is 0 Å². The largest absolute Gasteiger partial charge is 0.312 e. The van der Waals surface area contributed by atoms with Crippen molar-refractivity contribution in [2.45, 2.75) is 19.8 Å². The summed E-state index contributed by atoms with van der Waals surface area (Å²) in [5.41, 5.74) is 1.05. The van der Waals surface area contributed by atoms with Crippen molar-refractivity contribution in [2.75, 3.05) is 13.1 Å². The van der Waals surface area contributed by atoms with Crippen LogP contribution in [0.3, 0.4) is 0 Å². The number of carbonyl (C=O) groups is 1. The molecule has 0 aromatic carbocycles. The van der Waals surface area contributed by atoms with Crippen molar-refractivity contribution >= 4 is 18.1 Å². The van der Waals surface area contributed by atoms with Gasteiger partial charge in [0, 0.05) is 19.2 Å². The molecular formula is C10H16N4O. The molecule has 1 rings (SSSR count). The zero-order chi connectivity index (χ0) is 11.1. The first kappa shape index (κ1) is 11.6. The lowest BCUT2D eigenvalue weighted by molar-refractivity contribution is -0.119. The van der Waals surface area contributed by atoms with E-state index in [1.165, 1.54) is 0 Å². The Balaban J connectivity index is 2.39. The number of hydrogen-bond acceptors (Lipinski definition) is 3. The molecular weight excluding hydrogens is 192 g/mol. The second kappa shape index (κ2) is 6.08. The quantitative estimate of drug-likeness (QED) is 0.455. The maximum absolute atomic E-state index is 10.9. The minimum absolute atomic E-state index is 0.103. The molecule has 0 saturated carbocycles. The molecule has 1 aliphatic rings. The Kier molecular flexibility index (Phi) is 4.70. The molecule has 0 spiro atoms. The van der Waals surface area contributed by atoms with Gasteiger partial charge in [0.05, 0.1) is 0 Å². The van der Waals surface area contributed by atoms with Crippen molar-refractivity contribution in [1.82, 2.24) is 10.6 Å². The molecule has 1 amide bonds. The van der Waals surface area contributed by atoms with Gasteiger partial charge < -0.3 is 5.32 Å². The Labute approximate surface area is 89.2 Å². The molecule has 0 bridgehead atoms. The molecule has 5 heteroatoms. The molecule has 0 saturated heterocycles. The predicted octanol–water partition coefficient (Wildman–Crippen LogP) is 0.438. The zero-order valence-corrected chi connectivity index (χ0v) is 8.84. The Morgan fingerprint density at radius 2 is 2.60 bits per heavy atom. The number of rotatable bonds is 2.